The average molecular weight is 307 g/mol. The van der Waals surface area contributed by atoms with Gasteiger partial charge in [-0.3, -0.25) is 0 Å². The second kappa shape index (κ2) is 6.33. The van der Waals surface area contributed by atoms with E-state index in [0.29, 0.717) is 11.3 Å². The third-order valence-corrected chi connectivity index (χ3v) is 4.98. The molecule has 0 saturated heterocycles. The Balaban J connectivity index is 2.31. The molecule has 0 saturated carbocycles. The van der Waals surface area contributed by atoms with Gasteiger partial charge in [0.2, 0.25) is 0 Å². The highest BCUT2D eigenvalue weighted by molar-refractivity contribution is 7.98. The fourth-order valence-electron chi connectivity index (χ4n) is 2.03. The van der Waals surface area contributed by atoms with Crippen molar-refractivity contribution < 1.29 is 9.90 Å². The predicted molar refractivity (Wildman–Crippen MR) is 86.3 cm³/mol. The van der Waals surface area contributed by atoms with E-state index >= 15 is 0 Å². The van der Waals surface area contributed by atoms with Gasteiger partial charge in [0.05, 0.1) is 17.3 Å². The lowest BCUT2D eigenvalue weighted by atomic mass is 10.1. The summed E-state index contributed by atoms with van der Waals surface area (Å²) in [5, 5.41) is 12.7. The molecule has 1 atom stereocenters. The molecule has 2 rings (SSSR count). The molecule has 5 heteroatoms. The number of aromatic carboxylic acids is 1. The Hall–Kier alpha value is -1.46. The molecule has 0 radical (unpaired) electrons. The van der Waals surface area contributed by atoms with Crippen molar-refractivity contribution in [2.24, 2.45) is 0 Å². The summed E-state index contributed by atoms with van der Waals surface area (Å²) in [7, 11) is 0. The second-order valence-electron chi connectivity index (χ2n) is 4.50. The monoisotopic (exact) mass is 307 g/mol. The Kier molecular flexibility index (Phi) is 4.73. The third kappa shape index (κ3) is 3.16. The summed E-state index contributed by atoms with van der Waals surface area (Å²) in [4.78, 5) is 14.7. The van der Waals surface area contributed by atoms with Crippen LogP contribution in [0.3, 0.4) is 0 Å². The van der Waals surface area contributed by atoms with Crippen molar-refractivity contribution in [3.8, 4) is 0 Å². The number of thiophene rings is 1. The molecule has 1 aromatic heterocycles. The fraction of sp³-hybridized carbons (Fsp3) is 0.267. The Morgan fingerprint density at radius 1 is 1.35 bits per heavy atom. The van der Waals surface area contributed by atoms with Crippen LogP contribution in [-0.4, -0.2) is 17.3 Å². The van der Waals surface area contributed by atoms with Crippen LogP contribution in [0.4, 0.5) is 5.69 Å². The van der Waals surface area contributed by atoms with Crippen molar-refractivity contribution in [1.29, 1.82) is 0 Å². The molecule has 0 bridgehead atoms. The Morgan fingerprint density at radius 3 is 2.65 bits per heavy atom. The van der Waals surface area contributed by atoms with E-state index in [1.54, 1.807) is 11.3 Å². The lowest BCUT2D eigenvalue weighted by Gasteiger charge is -2.17. The number of carbonyl (C=O) groups is 1. The zero-order valence-corrected chi connectivity index (χ0v) is 13.3. The summed E-state index contributed by atoms with van der Waals surface area (Å²) in [6.07, 6.45) is 1.89. The standard InChI is InChI=1S/C15H17NO2S2/c1-9-7-8-12(20-9)10(2)16-11-5-4-6-13(19-3)14(11)15(17)18/h4-8,10,16H,1-3H3,(H,17,18). The summed E-state index contributed by atoms with van der Waals surface area (Å²) in [6.45, 7) is 4.11. The van der Waals surface area contributed by atoms with Gasteiger partial charge in [-0.25, -0.2) is 4.79 Å². The molecule has 106 valence electrons. The van der Waals surface area contributed by atoms with Crippen molar-refractivity contribution in [3.05, 3.63) is 45.6 Å². The minimum absolute atomic E-state index is 0.0870. The maximum Gasteiger partial charge on any atom is 0.338 e. The minimum Gasteiger partial charge on any atom is -0.478 e. The van der Waals surface area contributed by atoms with E-state index in [4.69, 9.17) is 0 Å². The smallest absolute Gasteiger partial charge is 0.338 e. The van der Waals surface area contributed by atoms with Gasteiger partial charge in [0.25, 0.3) is 0 Å². The van der Waals surface area contributed by atoms with Crippen molar-refractivity contribution in [2.45, 2.75) is 24.8 Å². The van der Waals surface area contributed by atoms with Crippen molar-refractivity contribution in [2.75, 3.05) is 11.6 Å². The molecule has 0 aliphatic rings. The average Bonchev–Trinajstić information content (AvgIpc) is 2.84. The summed E-state index contributed by atoms with van der Waals surface area (Å²) in [5.41, 5.74) is 1.02. The zero-order valence-electron chi connectivity index (χ0n) is 11.6. The molecular weight excluding hydrogens is 290 g/mol. The molecule has 0 fully saturated rings. The zero-order chi connectivity index (χ0) is 14.7. The normalized spacial score (nSPS) is 12.2. The summed E-state index contributed by atoms with van der Waals surface area (Å²) in [5.74, 6) is -0.896. The number of carboxylic acids is 1. The fourth-order valence-corrected chi connectivity index (χ4v) is 3.53. The van der Waals surface area contributed by atoms with E-state index in [-0.39, 0.29) is 6.04 Å². The Morgan fingerprint density at radius 2 is 2.10 bits per heavy atom. The molecule has 0 aliphatic carbocycles. The number of carboxylic acid groups (broad SMARTS) is 1. The van der Waals surface area contributed by atoms with Gasteiger partial charge in [-0.2, -0.15) is 0 Å². The van der Waals surface area contributed by atoms with Crippen LogP contribution in [0.5, 0.6) is 0 Å². The highest BCUT2D eigenvalue weighted by Crippen LogP contribution is 2.31. The van der Waals surface area contributed by atoms with Gasteiger partial charge in [0, 0.05) is 14.6 Å². The lowest BCUT2D eigenvalue weighted by molar-refractivity contribution is 0.0694. The van der Waals surface area contributed by atoms with E-state index in [0.717, 1.165) is 4.90 Å². The van der Waals surface area contributed by atoms with Gasteiger partial charge >= 0.3 is 5.97 Å². The van der Waals surface area contributed by atoms with E-state index in [9.17, 15) is 9.90 Å². The van der Waals surface area contributed by atoms with Gasteiger partial charge in [-0.15, -0.1) is 23.1 Å². The molecule has 0 aliphatic heterocycles. The van der Waals surface area contributed by atoms with Gasteiger partial charge in [-0.05, 0) is 44.4 Å². The first kappa shape index (κ1) is 14.9. The van der Waals surface area contributed by atoms with Crippen LogP contribution in [0.25, 0.3) is 0 Å². The van der Waals surface area contributed by atoms with E-state index in [1.165, 1.54) is 21.5 Å². The van der Waals surface area contributed by atoms with Crippen molar-refractivity contribution in [1.82, 2.24) is 0 Å². The largest absolute Gasteiger partial charge is 0.478 e. The van der Waals surface area contributed by atoms with Crippen LogP contribution in [-0.2, 0) is 0 Å². The van der Waals surface area contributed by atoms with Crippen LogP contribution < -0.4 is 5.32 Å². The number of benzene rings is 1. The number of hydrogen-bond acceptors (Lipinski definition) is 4. The first-order valence-electron chi connectivity index (χ1n) is 6.26. The Bertz CT molecular complexity index is 622. The molecular formula is C15H17NO2S2. The number of anilines is 1. The molecule has 1 heterocycles. The van der Waals surface area contributed by atoms with Gasteiger partial charge in [-0.1, -0.05) is 6.07 Å². The Labute approximate surface area is 127 Å². The maximum atomic E-state index is 11.5. The summed E-state index contributed by atoms with van der Waals surface area (Å²) < 4.78 is 0. The molecule has 0 amide bonds. The van der Waals surface area contributed by atoms with E-state index in [1.807, 2.05) is 31.4 Å². The van der Waals surface area contributed by atoms with E-state index in [2.05, 4.69) is 24.4 Å². The first-order valence-corrected chi connectivity index (χ1v) is 8.30. The first-order chi connectivity index (χ1) is 9.52. The van der Waals surface area contributed by atoms with Crippen LogP contribution in [0, 0.1) is 6.92 Å². The minimum atomic E-state index is -0.896. The number of rotatable bonds is 5. The molecule has 1 unspecified atom stereocenters. The van der Waals surface area contributed by atoms with Crippen LogP contribution in [0.15, 0.2) is 35.2 Å². The number of aryl methyl sites for hydroxylation is 1. The molecule has 3 nitrogen and oxygen atoms in total. The summed E-state index contributed by atoms with van der Waals surface area (Å²) >= 11 is 3.17. The summed E-state index contributed by atoms with van der Waals surface area (Å²) in [6, 6.07) is 9.78. The molecule has 0 spiro atoms. The number of thioether (sulfide) groups is 1. The van der Waals surface area contributed by atoms with Gasteiger partial charge in [0.15, 0.2) is 0 Å². The van der Waals surface area contributed by atoms with Gasteiger partial charge < -0.3 is 10.4 Å². The van der Waals surface area contributed by atoms with Crippen molar-refractivity contribution in [3.63, 3.8) is 0 Å². The molecule has 2 N–H and O–H groups in total. The SMILES string of the molecule is CSc1cccc(NC(C)c2ccc(C)s2)c1C(=O)O. The van der Waals surface area contributed by atoms with Crippen LogP contribution >= 0.6 is 23.1 Å². The number of nitrogens with one attached hydrogen (secondary N) is 1. The second-order valence-corrected chi connectivity index (χ2v) is 6.67. The number of hydrogen-bond donors (Lipinski definition) is 2. The lowest BCUT2D eigenvalue weighted by Crippen LogP contribution is -2.10. The maximum absolute atomic E-state index is 11.5. The van der Waals surface area contributed by atoms with Crippen molar-refractivity contribution >= 4 is 34.8 Å². The van der Waals surface area contributed by atoms with E-state index < -0.39 is 5.97 Å². The molecule has 2 aromatic rings. The topological polar surface area (TPSA) is 49.3 Å². The molecule has 1 aromatic carbocycles. The highest BCUT2D eigenvalue weighted by atomic mass is 32.2. The van der Waals surface area contributed by atoms with Gasteiger partial charge in [0.1, 0.15) is 0 Å². The predicted octanol–water partition coefficient (Wildman–Crippen LogP) is 4.65. The third-order valence-electron chi connectivity index (χ3n) is 3.02. The van der Waals surface area contributed by atoms with Crippen LogP contribution in [0.2, 0.25) is 0 Å². The van der Waals surface area contributed by atoms with Crippen LogP contribution in [0.1, 0.15) is 33.1 Å². The highest BCUT2D eigenvalue weighted by Gasteiger charge is 2.17. The quantitative estimate of drug-likeness (QED) is 0.789. The molecule has 20 heavy (non-hydrogen) atoms.